The van der Waals surface area contributed by atoms with E-state index in [1.165, 1.54) is 0 Å². The number of hydrogen-bond donors (Lipinski definition) is 2. The number of fused-ring (bicyclic) bond motifs is 1. The van der Waals surface area contributed by atoms with Crippen LogP contribution in [0.25, 0.3) is 16.7 Å². The van der Waals surface area contributed by atoms with Gasteiger partial charge >= 0.3 is 0 Å². The van der Waals surface area contributed by atoms with Crippen LogP contribution in [0.2, 0.25) is 5.02 Å². The number of nitrogens with one attached hydrogen (secondary N) is 2. The molecule has 0 spiro atoms. The topological polar surface area (TPSA) is 84.7 Å². The van der Waals surface area contributed by atoms with E-state index in [0.29, 0.717) is 29.5 Å². The number of halogens is 1. The van der Waals surface area contributed by atoms with E-state index in [2.05, 4.69) is 34.6 Å². The van der Waals surface area contributed by atoms with E-state index in [1.54, 1.807) is 30.5 Å². The lowest BCUT2D eigenvalue weighted by molar-refractivity contribution is 0.0955. The second-order valence-electron chi connectivity index (χ2n) is 7.38. The summed E-state index contributed by atoms with van der Waals surface area (Å²) < 4.78 is 1.81. The van der Waals surface area contributed by atoms with Crippen LogP contribution < -0.4 is 10.6 Å². The number of anilines is 1. The van der Waals surface area contributed by atoms with Gasteiger partial charge < -0.3 is 10.6 Å². The van der Waals surface area contributed by atoms with Crippen molar-refractivity contribution < 1.29 is 4.79 Å². The van der Waals surface area contributed by atoms with Gasteiger partial charge in [-0.05, 0) is 24.3 Å². The van der Waals surface area contributed by atoms with Gasteiger partial charge in [0.2, 0.25) is 0 Å². The van der Waals surface area contributed by atoms with Gasteiger partial charge in [0.15, 0.2) is 5.65 Å². The fraction of sp³-hybridized carbons (Fsp3) is 0.217. The minimum absolute atomic E-state index is 0.156. The van der Waals surface area contributed by atoms with E-state index in [4.69, 9.17) is 16.6 Å². The zero-order chi connectivity index (χ0) is 21.8. The fourth-order valence-electron chi connectivity index (χ4n) is 3.17. The molecule has 0 aliphatic rings. The summed E-state index contributed by atoms with van der Waals surface area (Å²) >= 11 is 6.09. The minimum Gasteiger partial charge on any atom is -0.368 e. The molecule has 158 valence electrons. The standard InChI is InChI=1S/C23H23ClN6O/c1-15(2)20-28-21(25-12-13-26-23(31)17-10-6-7-11-19(17)24)18-14-27-30(22(18)29-20)16-8-4-3-5-9-16/h3-11,14-15H,12-13H2,1-2H3,(H,26,31)(H,25,28,29). The molecule has 4 rings (SSSR count). The van der Waals surface area contributed by atoms with Crippen molar-refractivity contribution in [1.29, 1.82) is 0 Å². The predicted molar refractivity (Wildman–Crippen MR) is 123 cm³/mol. The Labute approximate surface area is 185 Å². The largest absolute Gasteiger partial charge is 0.368 e. The van der Waals surface area contributed by atoms with Crippen molar-refractivity contribution in [1.82, 2.24) is 25.1 Å². The SMILES string of the molecule is CC(C)c1nc(NCCNC(=O)c2ccccc2Cl)c2cnn(-c3ccccc3)c2n1. The molecule has 0 aliphatic carbocycles. The number of para-hydroxylation sites is 1. The molecule has 8 heteroatoms. The normalized spacial score (nSPS) is 11.1. The molecule has 2 aromatic carbocycles. The summed E-state index contributed by atoms with van der Waals surface area (Å²) in [6, 6.07) is 16.9. The van der Waals surface area contributed by atoms with E-state index in [0.717, 1.165) is 22.5 Å². The van der Waals surface area contributed by atoms with Crippen LogP contribution in [0.1, 0.15) is 35.9 Å². The van der Waals surface area contributed by atoms with Gasteiger partial charge in [0.25, 0.3) is 5.91 Å². The number of nitrogens with zero attached hydrogens (tertiary/aromatic N) is 4. The lowest BCUT2D eigenvalue weighted by Gasteiger charge is -2.12. The van der Waals surface area contributed by atoms with Gasteiger partial charge in [0.1, 0.15) is 11.6 Å². The third-order valence-electron chi connectivity index (χ3n) is 4.78. The second kappa shape index (κ2) is 9.14. The molecule has 0 fully saturated rings. The van der Waals surface area contributed by atoms with Crippen LogP contribution in [-0.2, 0) is 0 Å². The van der Waals surface area contributed by atoms with Gasteiger partial charge in [0.05, 0.1) is 27.9 Å². The van der Waals surface area contributed by atoms with Crippen LogP contribution in [0.3, 0.4) is 0 Å². The smallest absolute Gasteiger partial charge is 0.252 e. The summed E-state index contributed by atoms with van der Waals surface area (Å²) in [5.41, 5.74) is 2.14. The predicted octanol–water partition coefficient (Wildman–Crippen LogP) is 4.43. The lowest BCUT2D eigenvalue weighted by Crippen LogP contribution is -2.29. The summed E-state index contributed by atoms with van der Waals surface area (Å²) in [7, 11) is 0. The van der Waals surface area contributed by atoms with Crippen molar-refractivity contribution in [2.45, 2.75) is 19.8 Å². The molecule has 2 aromatic heterocycles. The molecule has 7 nitrogen and oxygen atoms in total. The summed E-state index contributed by atoms with van der Waals surface area (Å²) in [6.07, 6.45) is 1.76. The van der Waals surface area contributed by atoms with Crippen molar-refractivity contribution in [3.8, 4) is 5.69 Å². The first-order valence-electron chi connectivity index (χ1n) is 10.1. The Morgan fingerprint density at radius 3 is 2.52 bits per heavy atom. The molecule has 0 atom stereocenters. The number of amides is 1. The van der Waals surface area contributed by atoms with Gasteiger partial charge in [0, 0.05) is 19.0 Å². The fourth-order valence-corrected chi connectivity index (χ4v) is 3.40. The third kappa shape index (κ3) is 4.51. The first-order chi connectivity index (χ1) is 15.0. The number of benzene rings is 2. The highest BCUT2D eigenvalue weighted by molar-refractivity contribution is 6.33. The van der Waals surface area contributed by atoms with Gasteiger partial charge in [-0.2, -0.15) is 5.10 Å². The van der Waals surface area contributed by atoms with Crippen LogP contribution in [0.15, 0.2) is 60.8 Å². The molecule has 31 heavy (non-hydrogen) atoms. The Morgan fingerprint density at radius 2 is 1.77 bits per heavy atom. The van der Waals surface area contributed by atoms with Crippen molar-refractivity contribution in [2.24, 2.45) is 0 Å². The van der Waals surface area contributed by atoms with E-state index < -0.39 is 0 Å². The first kappa shape index (κ1) is 20.8. The Kier molecular flexibility index (Phi) is 6.13. The van der Waals surface area contributed by atoms with Crippen LogP contribution in [0.4, 0.5) is 5.82 Å². The minimum atomic E-state index is -0.208. The molecule has 0 bridgehead atoms. The van der Waals surface area contributed by atoms with Gasteiger partial charge in [-0.3, -0.25) is 4.79 Å². The summed E-state index contributed by atoms with van der Waals surface area (Å²) in [4.78, 5) is 21.8. The zero-order valence-corrected chi connectivity index (χ0v) is 18.1. The third-order valence-corrected chi connectivity index (χ3v) is 5.11. The molecule has 0 radical (unpaired) electrons. The number of aromatic nitrogens is 4. The quantitative estimate of drug-likeness (QED) is 0.420. The molecule has 0 unspecified atom stereocenters. The lowest BCUT2D eigenvalue weighted by atomic mass is 10.2. The number of hydrogen-bond acceptors (Lipinski definition) is 5. The van der Waals surface area contributed by atoms with Crippen LogP contribution >= 0.6 is 11.6 Å². The maximum Gasteiger partial charge on any atom is 0.252 e. The van der Waals surface area contributed by atoms with Crippen LogP contribution in [0.5, 0.6) is 0 Å². The molecule has 0 saturated heterocycles. The Hall–Kier alpha value is -3.45. The highest BCUT2D eigenvalue weighted by atomic mass is 35.5. The first-order valence-corrected chi connectivity index (χ1v) is 10.5. The molecule has 1 amide bonds. The summed E-state index contributed by atoms with van der Waals surface area (Å²) in [5, 5.41) is 12.0. The molecule has 4 aromatic rings. The van der Waals surface area contributed by atoms with Gasteiger partial charge in [-0.1, -0.05) is 55.8 Å². The molecular formula is C23H23ClN6O. The van der Waals surface area contributed by atoms with Crippen LogP contribution in [-0.4, -0.2) is 38.7 Å². The Morgan fingerprint density at radius 1 is 1.03 bits per heavy atom. The number of rotatable bonds is 7. The number of carbonyl (C=O) groups is 1. The van der Waals surface area contributed by atoms with Crippen molar-refractivity contribution in [3.05, 3.63) is 77.2 Å². The molecule has 2 heterocycles. The van der Waals surface area contributed by atoms with E-state index in [-0.39, 0.29) is 11.8 Å². The average Bonchev–Trinajstić information content (AvgIpc) is 3.21. The Bertz CT molecular complexity index is 1210. The van der Waals surface area contributed by atoms with Gasteiger partial charge in [-0.15, -0.1) is 0 Å². The second-order valence-corrected chi connectivity index (χ2v) is 7.78. The molecular weight excluding hydrogens is 412 g/mol. The van der Waals surface area contributed by atoms with Crippen molar-refractivity contribution >= 4 is 34.4 Å². The van der Waals surface area contributed by atoms with E-state index in [1.807, 2.05) is 35.0 Å². The van der Waals surface area contributed by atoms with E-state index >= 15 is 0 Å². The van der Waals surface area contributed by atoms with E-state index in [9.17, 15) is 4.79 Å². The zero-order valence-electron chi connectivity index (χ0n) is 17.3. The monoisotopic (exact) mass is 434 g/mol. The highest BCUT2D eigenvalue weighted by Gasteiger charge is 2.16. The van der Waals surface area contributed by atoms with Gasteiger partial charge in [-0.25, -0.2) is 14.6 Å². The van der Waals surface area contributed by atoms with Crippen molar-refractivity contribution in [3.63, 3.8) is 0 Å². The molecule has 0 saturated carbocycles. The maximum atomic E-state index is 12.3. The average molecular weight is 435 g/mol. The molecule has 0 aliphatic heterocycles. The highest BCUT2D eigenvalue weighted by Crippen LogP contribution is 2.25. The molecule has 2 N–H and O–H groups in total. The Balaban J connectivity index is 1.53. The summed E-state index contributed by atoms with van der Waals surface area (Å²) in [5.74, 6) is 1.37. The number of carbonyl (C=O) groups excluding carboxylic acids is 1. The summed E-state index contributed by atoms with van der Waals surface area (Å²) in [6.45, 7) is 5.02. The van der Waals surface area contributed by atoms with Crippen molar-refractivity contribution in [2.75, 3.05) is 18.4 Å². The maximum absolute atomic E-state index is 12.3. The van der Waals surface area contributed by atoms with Crippen LogP contribution in [0, 0.1) is 0 Å².